The van der Waals surface area contributed by atoms with E-state index in [0.717, 1.165) is 24.3 Å². The van der Waals surface area contributed by atoms with Crippen LogP contribution in [0, 0.1) is 11.8 Å². The number of aliphatic hydroxyl groups is 1. The topological polar surface area (TPSA) is 90.4 Å². The van der Waals surface area contributed by atoms with Crippen molar-refractivity contribution < 1.29 is 24.2 Å². The van der Waals surface area contributed by atoms with Crippen LogP contribution in [0.25, 0.3) is 0 Å². The highest BCUT2D eigenvalue weighted by molar-refractivity contribution is 8.02. The second kappa shape index (κ2) is 10.4. The van der Waals surface area contributed by atoms with Crippen molar-refractivity contribution in [2.24, 2.45) is 11.8 Å². The van der Waals surface area contributed by atoms with Crippen molar-refractivity contribution in [3.8, 4) is 5.75 Å². The van der Waals surface area contributed by atoms with Gasteiger partial charge in [-0.05, 0) is 44.5 Å². The molecule has 1 aromatic rings. The minimum Gasteiger partial charge on any atom is -0.494 e. The quantitative estimate of drug-likeness (QED) is 0.511. The minimum absolute atomic E-state index is 0.0690. The Morgan fingerprint density at radius 2 is 1.71 bits per heavy atom. The van der Waals surface area contributed by atoms with Gasteiger partial charge in [0.25, 0.3) is 0 Å². The van der Waals surface area contributed by atoms with Crippen LogP contribution in [0.3, 0.4) is 0 Å². The molecule has 2 fully saturated rings. The van der Waals surface area contributed by atoms with Gasteiger partial charge in [-0.25, -0.2) is 0 Å². The number of nitrogens with zero attached hydrogens (tertiary/aromatic N) is 3. The molecule has 5 atom stereocenters. The normalized spacial score (nSPS) is 32.3. The molecule has 2 saturated heterocycles. The summed E-state index contributed by atoms with van der Waals surface area (Å²) < 4.78 is 4.02. The van der Waals surface area contributed by atoms with Gasteiger partial charge in [-0.3, -0.25) is 14.4 Å². The van der Waals surface area contributed by atoms with Gasteiger partial charge >= 0.3 is 0 Å². The summed E-state index contributed by atoms with van der Waals surface area (Å²) >= 11 is 1.57. The van der Waals surface area contributed by atoms with Crippen LogP contribution in [0.4, 0.5) is 5.69 Å². The molecule has 0 radical (unpaired) electrons. The number of fused-ring (bicyclic) bond motifs is 2. The molecule has 4 aliphatic heterocycles. The number of amides is 3. The van der Waals surface area contributed by atoms with E-state index in [2.05, 4.69) is 13.0 Å². The zero-order valence-corrected chi connectivity index (χ0v) is 23.2. The van der Waals surface area contributed by atoms with Crippen molar-refractivity contribution in [1.82, 2.24) is 9.80 Å². The standard InChI is InChI=1S/C29H37N3O5S/c1-4-6-15-30-16-8-14-29-23(26(35)32(18-19-33)24(29)27(30)36)22-25(34)31(17-7-13-28(22,3)38-29)20-9-11-21(12-10-20)37-5-2/h7-14,22-24,33H,4-6,15-19H2,1-3H3/t22-,23-,24?,28+,29-/m0/s1. The molecule has 1 unspecified atom stereocenters. The van der Waals surface area contributed by atoms with E-state index in [-0.39, 0.29) is 30.9 Å². The number of unbranched alkanes of at least 4 members (excludes halogenated alkanes) is 1. The molecule has 0 bridgehead atoms. The van der Waals surface area contributed by atoms with Crippen LogP contribution >= 0.6 is 11.8 Å². The lowest BCUT2D eigenvalue weighted by Crippen LogP contribution is -2.54. The highest BCUT2D eigenvalue weighted by atomic mass is 32.2. The Balaban J connectivity index is 1.56. The van der Waals surface area contributed by atoms with Crippen molar-refractivity contribution in [2.45, 2.75) is 49.1 Å². The zero-order valence-electron chi connectivity index (χ0n) is 22.3. The fraction of sp³-hybridized carbons (Fsp3) is 0.552. The van der Waals surface area contributed by atoms with Crippen molar-refractivity contribution in [3.63, 3.8) is 0 Å². The summed E-state index contributed by atoms with van der Waals surface area (Å²) in [5, 5.41) is 9.85. The number of aliphatic hydroxyl groups excluding tert-OH is 1. The molecule has 5 rings (SSSR count). The molecule has 9 heteroatoms. The molecule has 204 valence electrons. The number of likely N-dealkylation sites (tertiary alicyclic amines) is 1. The smallest absolute Gasteiger partial charge is 0.247 e. The third kappa shape index (κ3) is 4.14. The van der Waals surface area contributed by atoms with Gasteiger partial charge in [0.2, 0.25) is 17.7 Å². The summed E-state index contributed by atoms with van der Waals surface area (Å²) in [7, 11) is 0. The summed E-state index contributed by atoms with van der Waals surface area (Å²) in [4.78, 5) is 47.6. The number of hydrogen-bond acceptors (Lipinski definition) is 6. The van der Waals surface area contributed by atoms with Crippen molar-refractivity contribution >= 4 is 35.2 Å². The summed E-state index contributed by atoms with van der Waals surface area (Å²) in [5.41, 5.74) is 0.741. The van der Waals surface area contributed by atoms with Crippen molar-refractivity contribution in [3.05, 3.63) is 48.6 Å². The second-order valence-electron chi connectivity index (χ2n) is 10.6. The molecule has 8 nitrogen and oxygen atoms in total. The monoisotopic (exact) mass is 539 g/mol. The lowest BCUT2D eigenvalue weighted by atomic mass is 9.74. The summed E-state index contributed by atoms with van der Waals surface area (Å²) in [6.07, 6.45) is 9.91. The van der Waals surface area contributed by atoms with E-state index in [0.29, 0.717) is 26.2 Å². The highest BCUT2D eigenvalue weighted by Gasteiger charge is 2.73. The maximum absolute atomic E-state index is 14.3. The van der Waals surface area contributed by atoms with E-state index in [1.807, 2.05) is 61.2 Å². The fourth-order valence-corrected chi connectivity index (χ4v) is 8.74. The number of hydrogen-bond donors (Lipinski definition) is 1. The maximum atomic E-state index is 14.3. The third-order valence-corrected chi connectivity index (χ3v) is 10.0. The Morgan fingerprint density at radius 3 is 2.39 bits per heavy atom. The zero-order chi connectivity index (χ0) is 27.1. The van der Waals surface area contributed by atoms with Gasteiger partial charge in [-0.1, -0.05) is 37.6 Å². The highest BCUT2D eigenvalue weighted by Crippen LogP contribution is 2.65. The molecule has 0 aromatic heterocycles. The SMILES string of the molecule is CCCCN1CC=C[C@]23S[C@]4(C)C=CCN(c5ccc(OCC)cc5)C(=O)[C@@H]4[C@H]2C(=O)N(CCO)C3C1=O. The first-order valence-electron chi connectivity index (χ1n) is 13.6. The summed E-state index contributed by atoms with van der Waals surface area (Å²) in [6, 6.07) is 6.69. The lowest BCUT2D eigenvalue weighted by Gasteiger charge is -2.36. The van der Waals surface area contributed by atoms with Crippen LogP contribution in [0.2, 0.25) is 0 Å². The van der Waals surface area contributed by atoms with Gasteiger partial charge in [-0.2, -0.15) is 0 Å². The molecule has 3 amide bonds. The molecule has 1 N–H and O–H groups in total. The van der Waals surface area contributed by atoms with Gasteiger partial charge in [0.05, 0.1) is 29.8 Å². The number of carbonyl (C=O) groups excluding carboxylic acids is 3. The largest absolute Gasteiger partial charge is 0.494 e. The third-order valence-electron chi connectivity index (χ3n) is 8.22. The number of anilines is 1. The first-order valence-corrected chi connectivity index (χ1v) is 14.4. The van der Waals surface area contributed by atoms with E-state index in [1.165, 1.54) is 4.90 Å². The number of β-amino-alcohol motifs (C(OH)–C–C–N with tert-alkyl or cyclic N) is 1. The van der Waals surface area contributed by atoms with E-state index in [9.17, 15) is 19.5 Å². The molecule has 4 aliphatic rings. The van der Waals surface area contributed by atoms with Gasteiger partial charge < -0.3 is 24.5 Å². The number of benzene rings is 1. The van der Waals surface area contributed by atoms with E-state index in [4.69, 9.17) is 4.74 Å². The Morgan fingerprint density at radius 1 is 0.974 bits per heavy atom. The van der Waals surface area contributed by atoms with Crippen LogP contribution in [-0.2, 0) is 14.4 Å². The van der Waals surface area contributed by atoms with Crippen LogP contribution in [0.1, 0.15) is 33.6 Å². The number of ether oxygens (including phenoxy) is 1. The Labute approximate surface area is 228 Å². The second-order valence-corrected chi connectivity index (χ2v) is 12.4. The maximum Gasteiger partial charge on any atom is 0.247 e. The first-order chi connectivity index (χ1) is 18.3. The Kier molecular flexibility index (Phi) is 7.35. The van der Waals surface area contributed by atoms with E-state index in [1.54, 1.807) is 16.7 Å². The molecular formula is C29H37N3O5S. The lowest BCUT2D eigenvalue weighted by molar-refractivity contribution is -0.143. The number of thioether (sulfide) groups is 1. The fourth-order valence-electron chi connectivity index (χ4n) is 6.59. The predicted molar refractivity (Wildman–Crippen MR) is 148 cm³/mol. The molecule has 1 aromatic carbocycles. The van der Waals surface area contributed by atoms with Crippen LogP contribution in [0.15, 0.2) is 48.6 Å². The minimum atomic E-state index is -0.883. The molecule has 0 saturated carbocycles. The molecule has 1 spiro atoms. The van der Waals surface area contributed by atoms with Gasteiger partial charge in [0, 0.05) is 36.6 Å². The van der Waals surface area contributed by atoms with E-state index < -0.39 is 27.4 Å². The van der Waals surface area contributed by atoms with Crippen LogP contribution in [0.5, 0.6) is 5.75 Å². The van der Waals surface area contributed by atoms with Crippen LogP contribution in [-0.4, -0.2) is 87.6 Å². The van der Waals surface area contributed by atoms with Gasteiger partial charge in [0.1, 0.15) is 11.8 Å². The molecule has 4 heterocycles. The van der Waals surface area contributed by atoms with Crippen molar-refractivity contribution in [1.29, 1.82) is 0 Å². The molecular weight excluding hydrogens is 502 g/mol. The number of rotatable bonds is 8. The van der Waals surface area contributed by atoms with Gasteiger partial charge in [-0.15, -0.1) is 11.8 Å². The van der Waals surface area contributed by atoms with Crippen molar-refractivity contribution in [2.75, 3.05) is 44.3 Å². The molecule has 38 heavy (non-hydrogen) atoms. The first kappa shape index (κ1) is 26.8. The average Bonchev–Trinajstić information content (AvgIpc) is 3.16. The summed E-state index contributed by atoms with van der Waals surface area (Å²) in [5.74, 6) is -1.08. The summed E-state index contributed by atoms with van der Waals surface area (Å²) in [6.45, 7) is 7.91. The number of carbonyl (C=O) groups is 3. The van der Waals surface area contributed by atoms with Gasteiger partial charge in [0.15, 0.2) is 0 Å². The average molecular weight is 540 g/mol. The Hall–Kier alpha value is -2.78. The predicted octanol–water partition coefficient (Wildman–Crippen LogP) is 2.87. The Bertz CT molecular complexity index is 1150. The van der Waals surface area contributed by atoms with E-state index >= 15 is 0 Å². The van der Waals surface area contributed by atoms with Crippen LogP contribution < -0.4 is 9.64 Å². The molecule has 0 aliphatic carbocycles.